The van der Waals surface area contributed by atoms with Crippen molar-refractivity contribution in [2.45, 2.75) is 12.3 Å². The Morgan fingerprint density at radius 2 is 1.68 bits per heavy atom. The van der Waals surface area contributed by atoms with Crippen LogP contribution in [0.2, 0.25) is 10.0 Å². The maximum Gasteiger partial charge on any atom is 0.127 e. The Hall–Kier alpha value is -1.09. The average Bonchev–Trinajstić information content (AvgIpc) is 2.40. The monoisotopic (exact) mass is 297 g/mol. The molecule has 0 fully saturated rings. The normalized spacial score (nSPS) is 12.4. The molecule has 1 nitrogen and oxygen atoms in total. The van der Waals surface area contributed by atoms with Crippen molar-refractivity contribution in [1.82, 2.24) is 0 Å². The van der Waals surface area contributed by atoms with E-state index in [-0.39, 0.29) is 11.7 Å². The van der Waals surface area contributed by atoms with E-state index >= 15 is 0 Å². The summed E-state index contributed by atoms with van der Waals surface area (Å²) < 4.78 is 13.8. The van der Waals surface area contributed by atoms with Gasteiger partial charge in [0.2, 0.25) is 0 Å². The van der Waals surface area contributed by atoms with E-state index < -0.39 is 0 Å². The zero-order valence-electron chi connectivity index (χ0n) is 10.2. The van der Waals surface area contributed by atoms with Crippen molar-refractivity contribution in [2.75, 3.05) is 6.54 Å². The summed E-state index contributed by atoms with van der Waals surface area (Å²) in [6, 6.07) is 12.1. The zero-order valence-corrected chi connectivity index (χ0v) is 11.8. The lowest BCUT2D eigenvalue weighted by molar-refractivity contribution is 0.590. The third kappa shape index (κ3) is 3.27. The highest BCUT2D eigenvalue weighted by atomic mass is 35.5. The molecular weight excluding hydrogens is 284 g/mol. The molecule has 0 spiro atoms. The first-order valence-corrected chi connectivity index (χ1v) is 6.76. The molecule has 0 saturated heterocycles. The standard InChI is InChI=1S/C15H14Cl2FN/c16-13-5-2-1-4-11(13)10(9-19)8-12-14(17)6-3-7-15(12)18/h1-7,10H,8-9,19H2. The summed E-state index contributed by atoms with van der Waals surface area (Å²) in [7, 11) is 0. The molecule has 0 saturated carbocycles. The van der Waals surface area contributed by atoms with E-state index in [1.54, 1.807) is 12.1 Å². The Balaban J connectivity index is 2.32. The van der Waals surface area contributed by atoms with Crippen LogP contribution in [0.4, 0.5) is 4.39 Å². The molecule has 2 aromatic carbocycles. The second kappa shape index (κ2) is 6.38. The van der Waals surface area contributed by atoms with Crippen LogP contribution in [0.1, 0.15) is 17.0 Å². The SMILES string of the molecule is NCC(Cc1c(F)cccc1Cl)c1ccccc1Cl. The van der Waals surface area contributed by atoms with Crippen LogP contribution in [-0.4, -0.2) is 6.54 Å². The Kier molecular flexibility index (Phi) is 4.81. The minimum absolute atomic E-state index is 0.0527. The van der Waals surface area contributed by atoms with Gasteiger partial charge >= 0.3 is 0 Å². The van der Waals surface area contributed by atoms with Gasteiger partial charge in [-0.3, -0.25) is 0 Å². The Morgan fingerprint density at radius 1 is 1.00 bits per heavy atom. The van der Waals surface area contributed by atoms with Crippen LogP contribution in [0.5, 0.6) is 0 Å². The van der Waals surface area contributed by atoms with E-state index in [9.17, 15) is 4.39 Å². The molecule has 0 aliphatic carbocycles. The van der Waals surface area contributed by atoms with Crippen molar-refractivity contribution in [1.29, 1.82) is 0 Å². The van der Waals surface area contributed by atoms with Gasteiger partial charge in [0.1, 0.15) is 5.82 Å². The molecule has 1 atom stereocenters. The smallest absolute Gasteiger partial charge is 0.127 e. The molecule has 4 heteroatoms. The summed E-state index contributed by atoms with van der Waals surface area (Å²) in [5.74, 6) is -0.360. The summed E-state index contributed by atoms with van der Waals surface area (Å²) in [6.45, 7) is 0.383. The molecular formula is C15H14Cl2FN. The van der Waals surface area contributed by atoms with Crippen LogP contribution in [0.15, 0.2) is 42.5 Å². The highest BCUT2D eigenvalue weighted by Gasteiger charge is 2.17. The van der Waals surface area contributed by atoms with Gasteiger partial charge in [-0.25, -0.2) is 4.39 Å². The topological polar surface area (TPSA) is 26.0 Å². The maximum absolute atomic E-state index is 13.8. The fourth-order valence-corrected chi connectivity index (χ4v) is 2.63. The molecule has 2 rings (SSSR count). The quantitative estimate of drug-likeness (QED) is 0.888. The number of hydrogen-bond acceptors (Lipinski definition) is 1. The molecule has 100 valence electrons. The van der Waals surface area contributed by atoms with Crippen molar-refractivity contribution in [3.63, 3.8) is 0 Å². The van der Waals surface area contributed by atoms with Crippen molar-refractivity contribution in [2.24, 2.45) is 5.73 Å². The molecule has 0 amide bonds. The Bertz CT molecular complexity index is 552. The number of benzene rings is 2. The Morgan fingerprint density at radius 3 is 2.32 bits per heavy atom. The van der Waals surface area contributed by atoms with Crippen molar-refractivity contribution >= 4 is 23.2 Å². The van der Waals surface area contributed by atoms with Gasteiger partial charge in [-0.15, -0.1) is 0 Å². The minimum atomic E-state index is -0.307. The van der Waals surface area contributed by atoms with Gasteiger partial charge in [-0.1, -0.05) is 47.5 Å². The number of rotatable bonds is 4. The van der Waals surface area contributed by atoms with Gasteiger partial charge in [0.05, 0.1) is 0 Å². The lowest BCUT2D eigenvalue weighted by Crippen LogP contribution is -2.16. The third-order valence-corrected chi connectivity index (χ3v) is 3.84. The molecule has 19 heavy (non-hydrogen) atoms. The van der Waals surface area contributed by atoms with Crippen LogP contribution in [-0.2, 0) is 6.42 Å². The van der Waals surface area contributed by atoms with Crippen LogP contribution in [0.25, 0.3) is 0 Å². The predicted molar refractivity (Wildman–Crippen MR) is 78.4 cm³/mol. The molecule has 0 aromatic heterocycles. The first-order valence-electron chi connectivity index (χ1n) is 6.01. The second-order valence-corrected chi connectivity index (χ2v) is 5.17. The molecule has 0 radical (unpaired) electrons. The van der Waals surface area contributed by atoms with Crippen LogP contribution in [0.3, 0.4) is 0 Å². The zero-order chi connectivity index (χ0) is 13.8. The summed E-state index contributed by atoms with van der Waals surface area (Å²) >= 11 is 12.2. The van der Waals surface area contributed by atoms with Gasteiger partial charge in [-0.05, 0) is 36.7 Å². The molecule has 0 bridgehead atoms. The summed E-state index contributed by atoms with van der Waals surface area (Å²) in [5.41, 5.74) is 7.21. The third-order valence-electron chi connectivity index (χ3n) is 3.14. The van der Waals surface area contributed by atoms with Crippen LogP contribution in [0, 0.1) is 5.82 Å². The molecule has 0 aliphatic rings. The van der Waals surface area contributed by atoms with Crippen molar-refractivity contribution in [3.8, 4) is 0 Å². The number of hydrogen-bond donors (Lipinski definition) is 1. The molecule has 2 aromatic rings. The van der Waals surface area contributed by atoms with Gasteiger partial charge in [0, 0.05) is 21.5 Å². The molecule has 0 heterocycles. The van der Waals surface area contributed by atoms with Gasteiger partial charge in [0.15, 0.2) is 0 Å². The lowest BCUT2D eigenvalue weighted by Gasteiger charge is -2.18. The number of nitrogens with two attached hydrogens (primary N) is 1. The summed E-state index contributed by atoms with van der Waals surface area (Å²) in [4.78, 5) is 0. The van der Waals surface area contributed by atoms with E-state index in [0.717, 1.165) is 5.56 Å². The predicted octanol–water partition coefficient (Wildman–Crippen LogP) is 4.42. The van der Waals surface area contributed by atoms with Crippen LogP contribution < -0.4 is 5.73 Å². The fourth-order valence-electron chi connectivity index (χ4n) is 2.10. The van der Waals surface area contributed by atoms with E-state index in [0.29, 0.717) is 28.6 Å². The van der Waals surface area contributed by atoms with E-state index in [1.807, 2.05) is 24.3 Å². The molecule has 2 N–H and O–H groups in total. The summed E-state index contributed by atoms with van der Waals surface area (Å²) in [5, 5.41) is 1.07. The average molecular weight is 298 g/mol. The molecule has 0 aliphatic heterocycles. The highest BCUT2D eigenvalue weighted by Crippen LogP contribution is 2.30. The maximum atomic E-state index is 13.8. The first kappa shape index (κ1) is 14.3. The Labute approximate surface area is 122 Å². The van der Waals surface area contributed by atoms with E-state index in [2.05, 4.69) is 0 Å². The number of halogens is 3. The van der Waals surface area contributed by atoms with Gasteiger partial charge in [0.25, 0.3) is 0 Å². The van der Waals surface area contributed by atoms with E-state index in [1.165, 1.54) is 6.07 Å². The molecule has 1 unspecified atom stereocenters. The first-order chi connectivity index (χ1) is 9.13. The largest absolute Gasteiger partial charge is 0.330 e. The fraction of sp³-hybridized carbons (Fsp3) is 0.200. The van der Waals surface area contributed by atoms with Gasteiger partial charge in [-0.2, -0.15) is 0 Å². The van der Waals surface area contributed by atoms with Crippen LogP contribution >= 0.6 is 23.2 Å². The summed E-state index contributed by atoms with van der Waals surface area (Å²) in [6.07, 6.45) is 0.436. The highest BCUT2D eigenvalue weighted by molar-refractivity contribution is 6.31. The van der Waals surface area contributed by atoms with Gasteiger partial charge < -0.3 is 5.73 Å². The second-order valence-electron chi connectivity index (χ2n) is 4.36. The lowest BCUT2D eigenvalue weighted by atomic mass is 9.92. The van der Waals surface area contributed by atoms with Crippen molar-refractivity contribution in [3.05, 3.63) is 69.5 Å². The van der Waals surface area contributed by atoms with E-state index in [4.69, 9.17) is 28.9 Å². The minimum Gasteiger partial charge on any atom is -0.330 e. The van der Waals surface area contributed by atoms with Crippen molar-refractivity contribution < 1.29 is 4.39 Å².